The van der Waals surface area contributed by atoms with Crippen molar-refractivity contribution in [3.63, 3.8) is 0 Å². The van der Waals surface area contributed by atoms with Crippen LogP contribution in [0.4, 0.5) is 0 Å². The largest absolute Gasteiger partial charge is 0.497 e. The number of pyridine rings is 1. The van der Waals surface area contributed by atoms with Crippen LogP contribution >= 0.6 is 0 Å². The van der Waals surface area contributed by atoms with E-state index in [0.717, 1.165) is 42.8 Å². The first kappa shape index (κ1) is 16.5. The highest BCUT2D eigenvalue weighted by molar-refractivity contribution is 5.95. The van der Waals surface area contributed by atoms with Gasteiger partial charge in [0.2, 0.25) is 0 Å². The Bertz CT molecular complexity index is 700. The number of methoxy groups -OCH3 is 1. The van der Waals surface area contributed by atoms with E-state index in [1.807, 2.05) is 42.3 Å². The SMILES string of the molecule is CNCC1CCCN1C(=O)c1cncc(-c2ccc(OC)cc2)c1. The number of nitrogens with zero attached hydrogens (tertiary/aromatic N) is 2. The molecule has 24 heavy (non-hydrogen) atoms. The number of nitrogens with one attached hydrogen (secondary N) is 1. The molecule has 0 saturated carbocycles. The quantitative estimate of drug-likeness (QED) is 0.918. The Morgan fingerprint density at radius 1 is 1.29 bits per heavy atom. The zero-order valence-electron chi connectivity index (χ0n) is 14.2. The molecule has 1 unspecified atom stereocenters. The number of amides is 1. The first-order valence-corrected chi connectivity index (χ1v) is 8.28. The Labute approximate surface area is 142 Å². The molecule has 126 valence electrons. The zero-order chi connectivity index (χ0) is 16.9. The molecule has 2 heterocycles. The molecule has 1 amide bonds. The number of aromatic nitrogens is 1. The highest BCUT2D eigenvalue weighted by Gasteiger charge is 2.29. The lowest BCUT2D eigenvalue weighted by Crippen LogP contribution is -2.40. The molecule has 5 nitrogen and oxygen atoms in total. The number of benzene rings is 1. The molecule has 1 aliphatic heterocycles. The third kappa shape index (κ3) is 3.41. The van der Waals surface area contributed by atoms with Crippen LogP contribution in [-0.4, -0.2) is 49.1 Å². The van der Waals surface area contributed by atoms with Crippen LogP contribution in [0.25, 0.3) is 11.1 Å². The molecular formula is C19H23N3O2. The second kappa shape index (κ2) is 7.45. The molecule has 1 aromatic heterocycles. The lowest BCUT2D eigenvalue weighted by molar-refractivity contribution is 0.0736. The van der Waals surface area contributed by atoms with Crippen molar-refractivity contribution in [1.29, 1.82) is 0 Å². The van der Waals surface area contributed by atoms with E-state index in [1.165, 1.54) is 0 Å². The summed E-state index contributed by atoms with van der Waals surface area (Å²) in [5.74, 6) is 0.876. The summed E-state index contributed by atoms with van der Waals surface area (Å²) in [5, 5.41) is 3.17. The molecule has 2 aromatic rings. The van der Waals surface area contributed by atoms with Crippen molar-refractivity contribution < 1.29 is 9.53 Å². The van der Waals surface area contributed by atoms with Crippen molar-refractivity contribution in [1.82, 2.24) is 15.2 Å². The molecule has 5 heteroatoms. The molecule has 1 N–H and O–H groups in total. The van der Waals surface area contributed by atoms with Gasteiger partial charge in [-0.15, -0.1) is 0 Å². The minimum atomic E-state index is 0.0654. The topological polar surface area (TPSA) is 54.5 Å². The maximum absolute atomic E-state index is 12.9. The summed E-state index contributed by atoms with van der Waals surface area (Å²) in [6, 6.07) is 9.96. The Hall–Kier alpha value is -2.40. The van der Waals surface area contributed by atoms with E-state index in [9.17, 15) is 4.79 Å². The van der Waals surface area contributed by atoms with Gasteiger partial charge in [-0.25, -0.2) is 0 Å². The molecule has 3 rings (SSSR count). The standard InChI is InChI=1S/C19H23N3O2/c1-20-13-17-4-3-9-22(17)19(23)16-10-15(11-21-12-16)14-5-7-18(24-2)8-6-14/h5-8,10-12,17,20H,3-4,9,13H2,1-2H3. The van der Waals surface area contributed by atoms with Gasteiger partial charge in [-0.3, -0.25) is 9.78 Å². The highest BCUT2D eigenvalue weighted by atomic mass is 16.5. The number of hydrogen-bond acceptors (Lipinski definition) is 4. The van der Waals surface area contributed by atoms with Crippen LogP contribution in [0, 0.1) is 0 Å². The van der Waals surface area contributed by atoms with E-state index in [1.54, 1.807) is 19.5 Å². The van der Waals surface area contributed by atoms with Gasteiger partial charge in [0.1, 0.15) is 5.75 Å². The summed E-state index contributed by atoms with van der Waals surface area (Å²) >= 11 is 0. The summed E-state index contributed by atoms with van der Waals surface area (Å²) < 4.78 is 5.19. The molecule has 1 atom stereocenters. The van der Waals surface area contributed by atoms with Gasteiger partial charge < -0.3 is 15.0 Å². The van der Waals surface area contributed by atoms with Crippen LogP contribution in [0.3, 0.4) is 0 Å². The van der Waals surface area contributed by atoms with Gasteiger partial charge in [0.15, 0.2) is 0 Å². The smallest absolute Gasteiger partial charge is 0.255 e. The van der Waals surface area contributed by atoms with Gasteiger partial charge in [0.05, 0.1) is 12.7 Å². The second-order valence-electron chi connectivity index (χ2n) is 6.04. The third-order valence-electron chi connectivity index (χ3n) is 4.49. The number of carbonyl (C=O) groups excluding carboxylic acids is 1. The predicted octanol–water partition coefficient (Wildman–Crippen LogP) is 2.58. The van der Waals surface area contributed by atoms with E-state index >= 15 is 0 Å². The number of carbonyl (C=O) groups is 1. The maximum Gasteiger partial charge on any atom is 0.255 e. The van der Waals surface area contributed by atoms with E-state index in [-0.39, 0.29) is 11.9 Å². The third-order valence-corrected chi connectivity index (χ3v) is 4.49. The molecule has 1 saturated heterocycles. The summed E-state index contributed by atoms with van der Waals surface area (Å²) in [4.78, 5) is 19.1. The van der Waals surface area contributed by atoms with Crippen molar-refractivity contribution in [3.05, 3.63) is 48.3 Å². The average Bonchev–Trinajstić information content (AvgIpc) is 3.10. The minimum absolute atomic E-state index is 0.0654. The van der Waals surface area contributed by atoms with Gasteiger partial charge in [-0.2, -0.15) is 0 Å². The van der Waals surface area contributed by atoms with Gasteiger partial charge in [0.25, 0.3) is 5.91 Å². The van der Waals surface area contributed by atoms with E-state index < -0.39 is 0 Å². The van der Waals surface area contributed by atoms with Gasteiger partial charge in [0, 0.05) is 37.1 Å². The Balaban J connectivity index is 1.82. The summed E-state index contributed by atoms with van der Waals surface area (Å²) in [5.41, 5.74) is 2.60. The Morgan fingerprint density at radius 3 is 2.79 bits per heavy atom. The van der Waals surface area contributed by atoms with E-state index in [0.29, 0.717) is 5.56 Å². The van der Waals surface area contributed by atoms with Crippen molar-refractivity contribution in [2.75, 3.05) is 27.2 Å². The number of hydrogen-bond donors (Lipinski definition) is 1. The Kier molecular flexibility index (Phi) is 5.11. The van der Waals surface area contributed by atoms with Gasteiger partial charge >= 0.3 is 0 Å². The predicted molar refractivity (Wildman–Crippen MR) is 94.2 cm³/mol. The van der Waals surface area contributed by atoms with E-state index in [2.05, 4.69) is 10.3 Å². The first-order chi connectivity index (χ1) is 11.7. The van der Waals surface area contributed by atoms with Crippen molar-refractivity contribution in [2.45, 2.75) is 18.9 Å². The molecule has 0 spiro atoms. The minimum Gasteiger partial charge on any atom is -0.497 e. The monoisotopic (exact) mass is 325 g/mol. The first-order valence-electron chi connectivity index (χ1n) is 8.28. The van der Waals surface area contributed by atoms with Gasteiger partial charge in [-0.05, 0) is 43.7 Å². The molecular weight excluding hydrogens is 302 g/mol. The number of rotatable bonds is 5. The fourth-order valence-corrected chi connectivity index (χ4v) is 3.21. The van der Waals surface area contributed by atoms with Crippen molar-refractivity contribution in [3.8, 4) is 16.9 Å². The van der Waals surface area contributed by atoms with Crippen LogP contribution < -0.4 is 10.1 Å². The normalized spacial score (nSPS) is 17.1. The molecule has 1 aliphatic rings. The molecule has 0 bridgehead atoms. The van der Waals surface area contributed by atoms with Crippen LogP contribution in [0.15, 0.2) is 42.7 Å². The second-order valence-corrected chi connectivity index (χ2v) is 6.04. The lowest BCUT2D eigenvalue weighted by atomic mass is 10.1. The number of likely N-dealkylation sites (N-methyl/N-ethyl adjacent to an activating group) is 1. The summed E-state index contributed by atoms with van der Waals surface area (Å²) in [7, 11) is 3.57. The van der Waals surface area contributed by atoms with Gasteiger partial charge in [-0.1, -0.05) is 12.1 Å². The molecule has 1 aromatic carbocycles. The number of ether oxygens (including phenoxy) is 1. The molecule has 1 fully saturated rings. The van der Waals surface area contributed by atoms with Crippen LogP contribution in [0.5, 0.6) is 5.75 Å². The molecule has 0 aliphatic carbocycles. The van der Waals surface area contributed by atoms with Crippen molar-refractivity contribution >= 4 is 5.91 Å². The van der Waals surface area contributed by atoms with Crippen molar-refractivity contribution in [2.24, 2.45) is 0 Å². The Morgan fingerprint density at radius 2 is 2.08 bits per heavy atom. The lowest BCUT2D eigenvalue weighted by Gasteiger charge is -2.24. The fourth-order valence-electron chi connectivity index (χ4n) is 3.21. The number of likely N-dealkylation sites (tertiary alicyclic amines) is 1. The average molecular weight is 325 g/mol. The van der Waals surface area contributed by atoms with E-state index in [4.69, 9.17) is 4.74 Å². The van der Waals surface area contributed by atoms with Crippen LogP contribution in [-0.2, 0) is 0 Å². The zero-order valence-corrected chi connectivity index (χ0v) is 14.2. The van der Waals surface area contributed by atoms with Crippen LogP contribution in [0.1, 0.15) is 23.2 Å². The summed E-state index contributed by atoms with van der Waals surface area (Å²) in [6.07, 6.45) is 5.56. The fraction of sp³-hybridized carbons (Fsp3) is 0.368. The van der Waals surface area contributed by atoms with Crippen LogP contribution in [0.2, 0.25) is 0 Å². The molecule has 0 radical (unpaired) electrons. The maximum atomic E-state index is 12.9. The summed E-state index contributed by atoms with van der Waals surface area (Å²) in [6.45, 7) is 1.65. The highest BCUT2D eigenvalue weighted by Crippen LogP contribution is 2.24.